The smallest absolute Gasteiger partial charge is 0.248 e. The van der Waals surface area contributed by atoms with Gasteiger partial charge >= 0.3 is 0 Å². The number of rotatable bonds is 9. The highest BCUT2D eigenvalue weighted by Gasteiger charge is 2.25. The van der Waals surface area contributed by atoms with Crippen molar-refractivity contribution in [2.75, 3.05) is 6.61 Å². The molecule has 156 valence electrons. The minimum atomic E-state index is -3.80. The average Bonchev–Trinajstić information content (AvgIpc) is 2.75. The summed E-state index contributed by atoms with van der Waals surface area (Å²) >= 11 is 0. The second-order valence-corrected chi connectivity index (χ2v) is 8.67. The maximum Gasteiger partial charge on any atom is 0.248 e. The van der Waals surface area contributed by atoms with Gasteiger partial charge in [0, 0.05) is 18.7 Å². The first kappa shape index (κ1) is 21.5. The van der Waals surface area contributed by atoms with Gasteiger partial charge in [0.05, 0.1) is 11.5 Å². The Bertz CT molecular complexity index is 1100. The fraction of sp³-hybridized carbons (Fsp3) is 0.174. The van der Waals surface area contributed by atoms with Gasteiger partial charge in [-0.15, -0.1) is 0 Å². The van der Waals surface area contributed by atoms with Crippen LogP contribution in [-0.2, 0) is 23.1 Å². The van der Waals surface area contributed by atoms with Crippen molar-refractivity contribution in [3.05, 3.63) is 95.6 Å². The van der Waals surface area contributed by atoms with Gasteiger partial charge in [-0.2, -0.15) is 4.31 Å². The minimum absolute atomic E-state index is 0.103. The molecular formula is C23H24N2O4S. The van der Waals surface area contributed by atoms with Gasteiger partial charge in [-0.25, -0.2) is 8.42 Å². The van der Waals surface area contributed by atoms with Crippen LogP contribution >= 0.6 is 0 Å². The van der Waals surface area contributed by atoms with E-state index in [0.717, 1.165) is 5.56 Å². The first-order chi connectivity index (χ1) is 14.4. The second-order valence-electron chi connectivity index (χ2n) is 6.73. The summed E-state index contributed by atoms with van der Waals surface area (Å²) < 4.78 is 33.6. The molecule has 0 aromatic heterocycles. The van der Waals surface area contributed by atoms with Crippen molar-refractivity contribution in [3.8, 4) is 5.75 Å². The van der Waals surface area contributed by atoms with E-state index in [9.17, 15) is 13.2 Å². The highest BCUT2D eigenvalue weighted by Crippen LogP contribution is 2.23. The molecule has 30 heavy (non-hydrogen) atoms. The van der Waals surface area contributed by atoms with Crippen molar-refractivity contribution in [3.63, 3.8) is 0 Å². The molecule has 3 rings (SSSR count). The molecule has 0 fully saturated rings. The van der Waals surface area contributed by atoms with E-state index < -0.39 is 15.9 Å². The Hall–Kier alpha value is -3.16. The number of carbonyl (C=O) groups is 1. The number of hydrogen-bond acceptors (Lipinski definition) is 4. The van der Waals surface area contributed by atoms with Crippen LogP contribution in [0.2, 0.25) is 0 Å². The zero-order chi connectivity index (χ0) is 21.6. The third-order valence-electron chi connectivity index (χ3n) is 4.54. The van der Waals surface area contributed by atoms with E-state index in [2.05, 4.69) is 0 Å². The minimum Gasteiger partial charge on any atom is -0.494 e. The van der Waals surface area contributed by atoms with E-state index >= 15 is 0 Å². The summed E-state index contributed by atoms with van der Waals surface area (Å²) in [6.07, 6.45) is 0. The van der Waals surface area contributed by atoms with E-state index in [4.69, 9.17) is 10.5 Å². The largest absolute Gasteiger partial charge is 0.494 e. The monoisotopic (exact) mass is 424 g/mol. The van der Waals surface area contributed by atoms with Crippen LogP contribution in [0, 0.1) is 0 Å². The highest BCUT2D eigenvalue weighted by molar-refractivity contribution is 7.89. The van der Waals surface area contributed by atoms with E-state index in [1.165, 1.54) is 16.4 Å². The molecule has 0 saturated heterocycles. The number of ether oxygens (including phenoxy) is 1. The predicted octanol–water partition coefficient (Wildman–Crippen LogP) is 3.58. The third-order valence-corrected chi connectivity index (χ3v) is 6.35. The third kappa shape index (κ3) is 5.25. The number of sulfonamides is 1. The zero-order valence-corrected chi connectivity index (χ0v) is 17.5. The Kier molecular flexibility index (Phi) is 6.87. The molecule has 0 aliphatic carbocycles. The van der Waals surface area contributed by atoms with E-state index in [-0.39, 0.29) is 18.0 Å². The molecule has 3 aromatic carbocycles. The zero-order valence-electron chi connectivity index (χ0n) is 16.7. The quantitative estimate of drug-likeness (QED) is 0.569. The average molecular weight is 425 g/mol. The maximum absolute atomic E-state index is 13.4. The van der Waals surface area contributed by atoms with Crippen LogP contribution in [0.25, 0.3) is 0 Å². The Labute approximate surface area is 177 Å². The molecule has 7 heteroatoms. The van der Waals surface area contributed by atoms with Gasteiger partial charge in [-0.3, -0.25) is 4.79 Å². The topological polar surface area (TPSA) is 89.7 Å². The standard InChI is InChI=1S/C23H24N2O4S/c1-2-29-21-11-13-22(14-12-21)30(27,28)25(16-18-7-4-3-5-8-18)17-19-9-6-10-20(15-19)23(24)26/h3-15H,2,16-17H2,1H3,(H2,24,26). The van der Waals surface area contributed by atoms with Gasteiger partial charge in [0.25, 0.3) is 0 Å². The lowest BCUT2D eigenvalue weighted by Crippen LogP contribution is -2.30. The summed E-state index contributed by atoms with van der Waals surface area (Å²) in [5.41, 5.74) is 7.25. The van der Waals surface area contributed by atoms with Crippen LogP contribution in [-0.4, -0.2) is 25.2 Å². The number of nitrogens with two attached hydrogens (primary N) is 1. The molecule has 0 radical (unpaired) electrons. The van der Waals surface area contributed by atoms with E-state index in [1.54, 1.807) is 36.4 Å². The molecule has 0 atom stereocenters. The van der Waals surface area contributed by atoms with Crippen molar-refractivity contribution in [1.82, 2.24) is 4.31 Å². The summed E-state index contributed by atoms with van der Waals surface area (Å²) in [5, 5.41) is 0. The Morgan fingerprint density at radius 1 is 0.900 bits per heavy atom. The number of hydrogen-bond donors (Lipinski definition) is 1. The van der Waals surface area contributed by atoms with Gasteiger partial charge in [-0.1, -0.05) is 42.5 Å². The lowest BCUT2D eigenvalue weighted by atomic mass is 10.1. The molecule has 0 spiro atoms. The van der Waals surface area contributed by atoms with Crippen molar-refractivity contribution in [1.29, 1.82) is 0 Å². The summed E-state index contributed by atoms with van der Waals surface area (Å²) in [6, 6.07) is 22.4. The Morgan fingerprint density at radius 3 is 2.17 bits per heavy atom. The predicted molar refractivity (Wildman–Crippen MR) is 115 cm³/mol. The number of amides is 1. The summed E-state index contributed by atoms with van der Waals surface area (Å²) in [5.74, 6) is 0.0565. The SMILES string of the molecule is CCOc1ccc(S(=O)(=O)N(Cc2ccccc2)Cc2cccc(C(N)=O)c2)cc1. The molecule has 0 unspecified atom stereocenters. The molecule has 0 aliphatic rings. The molecule has 1 amide bonds. The van der Waals surface area contributed by atoms with Crippen LogP contribution in [0.15, 0.2) is 83.8 Å². The molecule has 6 nitrogen and oxygen atoms in total. The maximum atomic E-state index is 13.4. The fourth-order valence-corrected chi connectivity index (χ4v) is 4.48. The van der Waals surface area contributed by atoms with Crippen molar-refractivity contribution >= 4 is 15.9 Å². The van der Waals surface area contributed by atoms with Crippen LogP contribution < -0.4 is 10.5 Å². The molecule has 3 aromatic rings. The Morgan fingerprint density at radius 2 is 1.53 bits per heavy atom. The first-order valence-corrected chi connectivity index (χ1v) is 11.0. The molecular weight excluding hydrogens is 400 g/mol. The van der Waals surface area contributed by atoms with Gasteiger partial charge in [0.1, 0.15) is 5.75 Å². The lowest BCUT2D eigenvalue weighted by molar-refractivity contribution is 0.1000. The molecule has 0 heterocycles. The van der Waals surface area contributed by atoms with Gasteiger partial charge < -0.3 is 10.5 Å². The van der Waals surface area contributed by atoms with Gasteiger partial charge in [0.15, 0.2) is 0 Å². The van der Waals surface area contributed by atoms with Crippen molar-refractivity contribution in [2.24, 2.45) is 5.73 Å². The number of primary amides is 1. The fourth-order valence-electron chi connectivity index (χ4n) is 3.06. The Balaban J connectivity index is 1.95. The van der Waals surface area contributed by atoms with E-state index in [1.807, 2.05) is 37.3 Å². The van der Waals surface area contributed by atoms with Crippen LogP contribution in [0.3, 0.4) is 0 Å². The van der Waals surface area contributed by atoms with E-state index in [0.29, 0.717) is 23.5 Å². The molecule has 2 N–H and O–H groups in total. The van der Waals surface area contributed by atoms with Crippen molar-refractivity contribution in [2.45, 2.75) is 24.9 Å². The van der Waals surface area contributed by atoms with Crippen LogP contribution in [0.4, 0.5) is 0 Å². The number of nitrogens with zero attached hydrogens (tertiary/aromatic N) is 1. The first-order valence-electron chi connectivity index (χ1n) is 9.56. The normalized spacial score (nSPS) is 11.4. The highest BCUT2D eigenvalue weighted by atomic mass is 32.2. The molecule has 0 saturated carbocycles. The van der Waals surface area contributed by atoms with Crippen LogP contribution in [0.1, 0.15) is 28.4 Å². The van der Waals surface area contributed by atoms with Gasteiger partial charge in [-0.05, 0) is 54.4 Å². The van der Waals surface area contributed by atoms with Crippen molar-refractivity contribution < 1.29 is 17.9 Å². The molecule has 0 aliphatic heterocycles. The second kappa shape index (κ2) is 9.56. The number of carbonyl (C=O) groups excluding carboxylic acids is 1. The molecule has 0 bridgehead atoms. The summed E-state index contributed by atoms with van der Waals surface area (Å²) in [6.45, 7) is 2.66. The summed E-state index contributed by atoms with van der Waals surface area (Å²) in [7, 11) is -3.80. The van der Waals surface area contributed by atoms with Crippen LogP contribution in [0.5, 0.6) is 5.75 Å². The van der Waals surface area contributed by atoms with Gasteiger partial charge in [0.2, 0.25) is 15.9 Å². The number of benzene rings is 3. The summed E-state index contributed by atoms with van der Waals surface area (Å²) in [4.78, 5) is 11.7. The lowest BCUT2D eigenvalue weighted by Gasteiger charge is -2.23.